The Hall–Kier alpha value is -0.0500. The van der Waals surface area contributed by atoms with Crippen LogP contribution in [0.5, 0.6) is 0 Å². The Labute approximate surface area is 140 Å². The second-order valence-electron chi connectivity index (χ2n) is 7.28. The number of halogens is 1. The van der Waals surface area contributed by atoms with Gasteiger partial charge in [-0.15, -0.1) is 0 Å². The van der Waals surface area contributed by atoms with E-state index in [1.54, 1.807) is 0 Å². The first-order valence-corrected chi connectivity index (χ1v) is 9.94. The van der Waals surface area contributed by atoms with Crippen LogP contribution in [-0.2, 0) is 4.79 Å². The van der Waals surface area contributed by atoms with Gasteiger partial charge in [0.2, 0.25) is 5.91 Å². The highest BCUT2D eigenvalue weighted by Crippen LogP contribution is 2.35. The molecule has 1 amide bonds. The van der Waals surface area contributed by atoms with Gasteiger partial charge in [-0.3, -0.25) is 4.79 Å². The minimum Gasteiger partial charge on any atom is -0.342 e. The normalized spacial score (nSPS) is 21.0. The standard InChI is InChI=1S/C18H34BrNO/c1-5-10-18(13-19,11-6-2)14-20-12-9-16(15(3)4)7-8-17(20)21/h15-16H,5-14H2,1-4H3. The van der Waals surface area contributed by atoms with E-state index < -0.39 is 0 Å². The smallest absolute Gasteiger partial charge is 0.222 e. The van der Waals surface area contributed by atoms with Crippen LogP contribution in [0.2, 0.25) is 0 Å². The number of amides is 1. The molecule has 0 aliphatic carbocycles. The van der Waals surface area contributed by atoms with Crippen LogP contribution in [0.3, 0.4) is 0 Å². The number of alkyl halides is 1. The zero-order chi connectivity index (χ0) is 15.9. The Bertz CT molecular complexity index is 310. The Morgan fingerprint density at radius 2 is 1.86 bits per heavy atom. The first-order chi connectivity index (χ1) is 9.98. The first kappa shape index (κ1) is 19.0. The number of carbonyl (C=O) groups excluding carboxylic acids is 1. The van der Waals surface area contributed by atoms with E-state index in [4.69, 9.17) is 0 Å². The molecule has 1 aliphatic heterocycles. The van der Waals surface area contributed by atoms with Gasteiger partial charge < -0.3 is 4.90 Å². The van der Waals surface area contributed by atoms with Crippen LogP contribution in [-0.4, -0.2) is 29.2 Å². The van der Waals surface area contributed by atoms with Crippen LogP contribution in [0.1, 0.15) is 72.6 Å². The molecule has 0 aromatic rings. The lowest BCUT2D eigenvalue weighted by atomic mass is 9.80. The van der Waals surface area contributed by atoms with Gasteiger partial charge in [-0.1, -0.05) is 56.5 Å². The molecule has 0 bridgehead atoms. The van der Waals surface area contributed by atoms with E-state index in [2.05, 4.69) is 48.5 Å². The summed E-state index contributed by atoms with van der Waals surface area (Å²) in [6.45, 7) is 11.0. The molecule has 3 heteroatoms. The van der Waals surface area contributed by atoms with Crippen LogP contribution >= 0.6 is 15.9 Å². The highest BCUT2D eigenvalue weighted by atomic mass is 79.9. The van der Waals surface area contributed by atoms with Crippen molar-refractivity contribution in [2.45, 2.75) is 72.6 Å². The molecule has 1 aliphatic rings. The van der Waals surface area contributed by atoms with Crippen molar-refractivity contribution in [3.05, 3.63) is 0 Å². The first-order valence-electron chi connectivity index (χ1n) is 8.81. The molecule has 0 aromatic heterocycles. The second kappa shape index (κ2) is 9.17. The molecule has 1 saturated heterocycles. The van der Waals surface area contributed by atoms with Crippen LogP contribution < -0.4 is 0 Å². The Kier molecular flexibility index (Phi) is 8.30. The molecular weight excluding hydrogens is 326 g/mol. The third-order valence-electron chi connectivity index (χ3n) is 5.16. The monoisotopic (exact) mass is 359 g/mol. The molecule has 2 nitrogen and oxygen atoms in total. The van der Waals surface area contributed by atoms with Crippen molar-refractivity contribution in [1.29, 1.82) is 0 Å². The van der Waals surface area contributed by atoms with Crippen LogP contribution in [0.25, 0.3) is 0 Å². The lowest BCUT2D eigenvalue weighted by Crippen LogP contribution is -2.42. The van der Waals surface area contributed by atoms with Gasteiger partial charge in [0, 0.05) is 24.8 Å². The highest BCUT2D eigenvalue weighted by Gasteiger charge is 2.33. The third-order valence-corrected chi connectivity index (χ3v) is 6.35. The SMILES string of the molecule is CCCC(CBr)(CCC)CN1CCC(C(C)C)CCC1=O. The molecule has 1 fully saturated rings. The van der Waals surface area contributed by atoms with Crippen molar-refractivity contribution in [1.82, 2.24) is 4.90 Å². The van der Waals surface area contributed by atoms with Crippen molar-refractivity contribution in [3.63, 3.8) is 0 Å². The summed E-state index contributed by atoms with van der Waals surface area (Å²) in [5.74, 6) is 1.80. The maximum absolute atomic E-state index is 12.5. The lowest BCUT2D eigenvalue weighted by Gasteiger charge is -2.37. The predicted molar refractivity (Wildman–Crippen MR) is 94.8 cm³/mol. The average Bonchev–Trinajstić information content (AvgIpc) is 2.62. The number of likely N-dealkylation sites (tertiary alicyclic amines) is 1. The zero-order valence-corrected chi connectivity index (χ0v) is 16.0. The molecule has 1 atom stereocenters. The Balaban J connectivity index is 2.75. The summed E-state index contributed by atoms with van der Waals surface area (Å²) >= 11 is 3.74. The summed E-state index contributed by atoms with van der Waals surface area (Å²) < 4.78 is 0. The van der Waals surface area contributed by atoms with E-state index in [1.807, 2.05) is 0 Å². The molecular formula is C18H34BrNO. The maximum Gasteiger partial charge on any atom is 0.222 e. The molecule has 1 heterocycles. The number of rotatable bonds is 8. The molecule has 0 N–H and O–H groups in total. The van der Waals surface area contributed by atoms with Gasteiger partial charge in [0.05, 0.1) is 0 Å². The minimum absolute atomic E-state index is 0.275. The van der Waals surface area contributed by atoms with E-state index in [1.165, 1.54) is 32.1 Å². The van der Waals surface area contributed by atoms with Gasteiger partial charge in [0.1, 0.15) is 0 Å². The summed E-state index contributed by atoms with van der Waals surface area (Å²) in [4.78, 5) is 14.7. The quantitative estimate of drug-likeness (QED) is 0.541. The van der Waals surface area contributed by atoms with Crippen molar-refractivity contribution in [3.8, 4) is 0 Å². The van der Waals surface area contributed by atoms with Gasteiger partial charge in [-0.2, -0.15) is 0 Å². The summed E-state index contributed by atoms with van der Waals surface area (Å²) in [5.41, 5.74) is 0.275. The van der Waals surface area contributed by atoms with Gasteiger partial charge >= 0.3 is 0 Å². The van der Waals surface area contributed by atoms with Crippen LogP contribution in [0.4, 0.5) is 0 Å². The molecule has 1 unspecified atom stereocenters. The minimum atomic E-state index is 0.275. The van der Waals surface area contributed by atoms with Crippen molar-refractivity contribution in [2.24, 2.45) is 17.3 Å². The van der Waals surface area contributed by atoms with E-state index >= 15 is 0 Å². The van der Waals surface area contributed by atoms with E-state index in [0.717, 1.165) is 37.2 Å². The molecule has 0 saturated carbocycles. The molecule has 21 heavy (non-hydrogen) atoms. The molecule has 1 rings (SSSR count). The fourth-order valence-electron chi connectivity index (χ4n) is 3.82. The fourth-order valence-corrected chi connectivity index (χ4v) is 4.55. The summed E-state index contributed by atoms with van der Waals surface area (Å²) in [6, 6.07) is 0. The Morgan fingerprint density at radius 3 is 2.33 bits per heavy atom. The number of hydrogen-bond donors (Lipinski definition) is 0. The largest absolute Gasteiger partial charge is 0.342 e. The summed E-state index contributed by atoms with van der Waals surface area (Å²) in [6.07, 6.45) is 7.83. The van der Waals surface area contributed by atoms with Gasteiger partial charge in [0.25, 0.3) is 0 Å². The Morgan fingerprint density at radius 1 is 1.24 bits per heavy atom. The van der Waals surface area contributed by atoms with Crippen molar-refractivity contribution >= 4 is 21.8 Å². The molecule has 124 valence electrons. The lowest BCUT2D eigenvalue weighted by molar-refractivity contribution is -0.132. The van der Waals surface area contributed by atoms with Gasteiger partial charge in [-0.05, 0) is 42.9 Å². The number of nitrogens with zero attached hydrogens (tertiary/aromatic N) is 1. The topological polar surface area (TPSA) is 20.3 Å². The van der Waals surface area contributed by atoms with Crippen molar-refractivity contribution < 1.29 is 4.79 Å². The third kappa shape index (κ3) is 5.58. The predicted octanol–water partition coefficient (Wildman–Crippen LogP) is 5.25. The summed E-state index contributed by atoms with van der Waals surface area (Å²) in [5, 5.41) is 1.01. The van der Waals surface area contributed by atoms with E-state index in [-0.39, 0.29) is 5.41 Å². The van der Waals surface area contributed by atoms with Crippen LogP contribution in [0.15, 0.2) is 0 Å². The molecule has 0 aromatic carbocycles. The highest BCUT2D eigenvalue weighted by molar-refractivity contribution is 9.09. The average molecular weight is 360 g/mol. The van der Waals surface area contributed by atoms with E-state index in [0.29, 0.717) is 11.8 Å². The fraction of sp³-hybridized carbons (Fsp3) is 0.944. The maximum atomic E-state index is 12.5. The van der Waals surface area contributed by atoms with E-state index in [9.17, 15) is 4.79 Å². The molecule has 0 radical (unpaired) electrons. The summed E-state index contributed by atoms with van der Waals surface area (Å²) in [7, 11) is 0. The van der Waals surface area contributed by atoms with Gasteiger partial charge in [-0.25, -0.2) is 0 Å². The van der Waals surface area contributed by atoms with Gasteiger partial charge in [0.15, 0.2) is 0 Å². The van der Waals surface area contributed by atoms with Crippen LogP contribution in [0, 0.1) is 17.3 Å². The second-order valence-corrected chi connectivity index (χ2v) is 7.84. The van der Waals surface area contributed by atoms with Crippen molar-refractivity contribution in [2.75, 3.05) is 18.4 Å². The zero-order valence-electron chi connectivity index (χ0n) is 14.5. The number of hydrogen-bond acceptors (Lipinski definition) is 1. The molecule has 0 spiro atoms. The number of carbonyl (C=O) groups is 1.